The second kappa shape index (κ2) is 11.1. The minimum atomic E-state index is -0.278. The number of nitrogens with zero attached hydrogens (tertiary/aromatic N) is 5. The van der Waals surface area contributed by atoms with Crippen LogP contribution in [0.1, 0.15) is 12.5 Å². The lowest BCUT2D eigenvalue weighted by atomic mass is 10.1. The molecule has 0 aliphatic heterocycles. The normalized spacial score (nSPS) is 11.5. The molecule has 0 bridgehead atoms. The molecule has 34 heavy (non-hydrogen) atoms. The topological polar surface area (TPSA) is 85.1 Å². The van der Waals surface area contributed by atoms with Gasteiger partial charge in [0, 0.05) is 28.1 Å². The Labute approximate surface area is 218 Å². The largest absolute Gasteiger partial charge is 0.272 e. The summed E-state index contributed by atoms with van der Waals surface area (Å²) in [7, 11) is 0. The summed E-state index contributed by atoms with van der Waals surface area (Å²) >= 11 is 16.7. The molecule has 2 aromatic carbocycles. The van der Waals surface area contributed by atoms with E-state index in [1.165, 1.54) is 11.8 Å². The Bertz CT molecular complexity index is 1350. The first-order valence-corrected chi connectivity index (χ1v) is 12.5. The SMILES string of the molecule is CC(=NNC(=O)CSc1nnc(-c2ccncc2)n1-c1ccc(Br)cc1)c1ccc(Cl)c(Cl)c1. The van der Waals surface area contributed by atoms with Gasteiger partial charge in [-0.1, -0.05) is 57.0 Å². The summed E-state index contributed by atoms with van der Waals surface area (Å²) in [4.78, 5) is 16.6. The quantitative estimate of drug-likeness (QED) is 0.165. The third-order valence-corrected chi connectivity index (χ3v) is 6.87. The summed E-state index contributed by atoms with van der Waals surface area (Å²) in [5.74, 6) is 0.477. The van der Waals surface area contributed by atoms with E-state index in [-0.39, 0.29) is 11.7 Å². The molecule has 0 saturated carbocycles. The zero-order valence-electron chi connectivity index (χ0n) is 17.7. The molecule has 1 N–H and O–H groups in total. The summed E-state index contributed by atoms with van der Waals surface area (Å²) in [6, 6.07) is 16.7. The van der Waals surface area contributed by atoms with Gasteiger partial charge in [0.2, 0.25) is 0 Å². The Morgan fingerprint density at radius 2 is 1.79 bits per heavy atom. The van der Waals surface area contributed by atoms with Gasteiger partial charge in [-0.15, -0.1) is 10.2 Å². The van der Waals surface area contributed by atoms with Crippen molar-refractivity contribution in [3.05, 3.63) is 87.1 Å². The van der Waals surface area contributed by atoms with Gasteiger partial charge in [-0.2, -0.15) is 5.10 Å². The summed E-state index contributed by atoms with van der Waals surface area (Å²) in [5, 5.41) is 14.3. The first-order chi connectivity index (χ1) is 16.4. The van der Waals surface area contributed by atoms with Crippen molar-refractivity contribution in [3.8, 4) is 17.1 Å². The van der Waals surface area contributed by atoms with Crippen LogP contribution in [-0.4, -0.2) is 37.1 Å². The Hall–Kier alpha value is -2.72. The fourth-order valence-electron chi connectivity index (χ4n) is 2.97. The number of hydrogen-bond donors (Lipinski definition) is 1. The Kier molecular flexibility index (Phi) is 7.99. The number of halogens is 3. The van der Waals surface area contributed by atoms with Crippen LogP contribution >= 0.6 is 50.9 Å². The van der Waals surface area contributed by atoms with Crippen molar-refractivity contribution in [1.82, 2.24) is 25.2 Å². The smallest absolute Gasteiger partial charge is 0.250 e. The van der Waals surface area contributed by atoms with Crippen LogP contribution in [0.4, 0.5) is 0 Å². The predicted octanol–water partition coefficient (Wildman–Crippen LogP) is 6.03. The van der Waals surface area contributed by atoms with Crippen LogP contribution in [0.15, 0.2) is 81.7 Å². The minimum absolute atomic E-state index is 0.100. The van der Waals surface area contributed by atoms with Gasteiger partial charge in [-0.05, 0) is 61.0 Å². The monoisotopic (exact) mass is 574 g/mol. The van der Waals surface area contributed by atoms with Crippen LogP contribution in [0.3, 0.4) is 0 Å². The van der Waals surface area contributed by atoms with Gasteiger partial charge in [-0.3, -0.25) is 14.3 Å². The zero-order chi connectivity index (χ0) is 24.1. The van der Waals surface area contributed by atoms with E-state index >= 15 is 0 Å². The van der Waals surface area contributed by atoms with E-state index < -0.39 is 0 Å². The molecule has 0 aliphatic carbocycles. The second-order valence-corrected chi connectivity index (χ2v) is 9.68. The summed E-state index contributed by atoms with van der Waals surface area (Å²) in [6.45, 7) is 1.78. The first kappa shape index (κ1) is 24.4. The van der Waals surface area contributed by atoms with E-state index in [2.05, 4.69) is 41.6 Å². The Morgan fingerprint density at radius 3 is 2.50 bits per heavy atom. The van der Waals surface area contributed by atoms with Crippen molar-refractivity contribution in [1.29, 1.82) is 0 Å². The molecule has 0 unspecified atom stereocenters. The molecular weight excluding hydrogens is 559 g/mol. The number of amides is 1. The van der Waals surface area contributed by atoms with E-state index in [4.69, 9.17) is 23.2 Å². The maximum absolute atomic E-state index is 12.5. The zero-order valence-corrected chi connectivity index (χ0v) is 21.7. The number of nitrogens with one attached hydrogen (secondary N) is 1. The van der Waals surface area contributed by atoms with Crippen molar-refractivity contribution < 1.29 is 4.79 Å². The van der Waals surface area contributed by atoms with Crippen LogP contribution in [-0.2, 0) is 4.79 Å². The van der Waals surface area contributed by atoms with E-state index in [0.29, 0.717) is 26.7 Å². The fraction of sp³-hybridized carbons (Fsp3) is 0.0870. The van der Waals surface area contributed by atoms with Crippen molar-refractivity contribution in [2.45, 2.75) is 12.1 Å². The van der Waals surface area contributed by atoms with Crippen molar-refractivity contribution in [3.63, 3.8) is 0 Å². The maximum atomic E-state index is 12.5. The Balaban J connectivity index is 1.51. The Morgan fingerprint density at radius 1 is 1.06 bits per heavy atom. The molecule has 4 aromatic rings. The van der Waals surface area contributed by atoms with Gasteiger partial charge in [-0.25, -0.2) is 5.43 Å². The molecule has 172 valence electrons. The van der Waals surface area contributed by atoms with E-state index in [9.17, 15) is 4.79 Å². The average Bonchev–Trinajstić information content (AvgIpc) is 3.28. The number of benzene rings is 2. The van der Waals surface area contributed by atoms with Gasteiger partial charge in [0.05, 0.1) is 21.5 Å². The summed E-state index contributed by atoms with van der Waals surface area (Å²) in [5.41, 5.74) is 5.68. The van der Waals surface area contributed by atoms with Gasteiger partial charge in [0.15, 0.2) is 11.0 Å². The lowest BCUT2D eigenvalue weighted by Gasteiger charge is -2.10. The maximum Gasteiger partial charge on any atom is 0.250 e. The molecule has 1 amide bonds. The fourth-order valence-corrected chi connectivity index (χ4v) is 4.28. The van der Waals surface area contributed by atoms with Gasteiger partial charge in [0.25, 0.3) is 5.91 Å². The number of hydrogen-bond acceptors (Lipinski definition) is 6. The number of aromatic nitrogens is 4. The van der Waals surface area contributed by atoms with Crippen molar-refractivity contribution >= 4 is 62.5 Å². The highest BCUT2D eigenvalue weighted by atomic mass is 79.9. The lowest BCUT2D eigenvalue weighted by molar-refractivity contribution is -0.118. The third kappa shape index (κ3) is 5.85. The van der Waals surface area contributed by atoms with Gasteiger partial charge >= 0.3 is 0 Å². The number of carbonyl (C=O) groups is 1. The molecular formula is C23H17BrCl2N6OS. The van der Waals surface area contributed by atoms with E-state index in [1.54, 1.807) is 37.5 Å². The average molecular weight is 576 g/mol. The van der Waals surface area contributed by atoms with Crippen LogP contribution in [0, 0.1) is 0 Å². The molecule has 0 atom stereocenters. The van der Waals surface area contributed by atoms with Crippen molar-refractivity contribution in [2.24, 2.45) is 5.10 Å². The number of rotatable bonds is 7. The van der Waals surface area contributed by atoms with Crippen LogP contribution in [0.25, 0.3) is 17.1 Å². The third-order valence-electron chi connectivity index (χ3n) is 4.67. The molecule has 0 radical (unpaired) electrons. The van der Waals surface area contributed by atoms with Crippen LogP contribution in [0.2, 0.25) is 10.0 Å². The van der Waals surface area contributed by atoms with E-state index in [0.717, 1.165) is 21.3 Å². The predicted molar refractivity (Wildman–Crippen MR) is 140 cm³/mol. The molecule has 2 heterocycles. The van der Waals surface area contributed by atoms with Gasteiger partial charge < -0.3 is 0 Å². The molecule has 2 aromatic heterocycles. The summed E-state index contributed by atoms with van der Waals surface area (Å²) < 4.78 is 2.86. The standard InChI is InChI=1S/C23H17BrCl2N6OS/c1-14(16-2-7-19(25)20(26)12-16)28-29-21(33)13-34-23-31-30-22(15-8-10-27-11-9-15)32(23)18-5-3-17(24)4-6-18/h2-12H,13H2,1H3,(H,29,33). The second-order valence-electron chi connectivity index (χ2n) is 7.00. The number of pyridine rings is 1. The molecule has 0 spiro atoms. The molecule has 0 fully saturated rings. The highest BCUT2D eigenvalue weighted by Gasteiger charge is 2.17. The first-order valence-electron chi connectivity index (χ1n) is 9.95. The van der Waals surface area contributed by atoms with Crippen molar-refractivity contribution in [2.75, 3.05) is 5.75 Å². The number of carbonyl (C=O) groups excluding carboxylic acids is 1. The van der Waals surface area contributed by atoms with Crippen LogP contribution < -0.4 is 5.43 Å². The molecule has 11 heteroatoms. The highest BCUT2D eigenvalue weighted by molar-refractivity contribution is 9.10. The molecule has 0 aliphatic rings. The number of thioether (sulfide) groups is 1. The summed E-state index contributed by atoms with van der Waals surface area (Å²) in [6.07, 6.45) is 3.40. The van der Waals surface area contributed by atoms with E-state index in [1.807, 2.05) is 41.0 Å². The minimum Gasteiger partial charge on any atom is -0.272 e. The highest BCUT2D eigenvalue weighted by Crippen LogP contribution is 2.28. The van der Waals surface area contributed by atoms with Crippen LogP contribution in [0.5, 0.6) is 0 Å². The van der Waals surface area contributed by atoms with Gasteiger partial charge in [0.1, 0.15) is 0 Å². The lowest BCUT2D eigenvalue weighted by Crippen LogP contribution is -2.21. The molecule has 0 saturated heterocycles. The molecule has 7 nitrogen and oxygen atoms in total. The number of hydrazone groups is 1. The molecule has 4 rings (SSSR count).